The Morgan fingerprint density at radius 1 is 1.69 bits per heavy atom. The van der Waals surface area contributed by atoms with Gasteiger partial charge < -0.3 is 4.74 Å². The second-order valence-corrected chi connectivity index (χ2v) is 3.70. The van der Waals surface area contributed by atoms with Gasteiger partial charge in [0.15, 0.2) is 0 Å². The molecule has 0 bridgehead atoms. The molecule has 0 saturated carbocycles. The molecule has 0 spiro atoms. The van der Waals surface area contributed by atoms with Crippen LogP contribution in [0.3, 0.4) is 0 Å². The van der Waals surface area contributed by atoms with Gasteiger partial charge in [-0.15, -0.1) is 0 Å². The number of esters is 1. The molecule has 74 valence electrons. The minimum Gasteiger partial charge on any atom is -0.463 e. The number of hydroxylamine groups is 2. The Morgan fingerprint density at radius 3 is 3.23 bits per heavy atom. The van der Waals surface area contributed by atoms with Crippen LogP contribution in [0, 0.1) is 0 Å². The first-order valence-corrected chi connectivity index (χ1v) is 4.82. The van der Waals surface area contributed by atoms with Gasteiger partial charge in [-0.1, -0.05) is 0 Å². The van der Waals surface area contributed by atoms with E-state index < -0.39 is 0 Å². The van der Waals surface area contributed by atoms with Crippen LogP contribution >= 0.6 is 0 Å². The van der Waals surface area contributed by atoms with E-state index in [-0.39, 0.29) is 12.1 Å². The molecule has 0 unspecified atom stereocenters. The van der Waals surface area contributed by atoms with Crippen molar-refractivity contribution in [3.63, 3.8) is 0 Å². The third-order valence-electron chi connectivity index (χ3n) is 2.62. The molecule has 0 amide bonds. The maximum atomic E-state index is 10.6. The van der Waals surface area contributed by atoms with Crippen molar-refractivity contribution in [3.05, 3.63) is 0 Å². The number of hydrogen-bond donors (Lipinski definition) is 0. The van der Waals surface area contributed by atoms with Crippen molar-refractivity contribution in [3.8, 4) is 0 Å². The standard InChI is InChI=1S/C9H15NO3/c1-7(11)12-6-9-5-8-3-2-4-10(8)13-9/h8-9H,2-6H2,1H3/t8-,9-/m1/s1. The van der Waals surface area contributed by atoms with E-state index in [2.05, 4.69) is 0 Å². The van der Waals surface area contributed by atoms with Crippen molar-refractivity contribution < 1.29 is 14.4 Å². The Bertz CT molecular complexity index is 195. The molecule has 0 radical (unpaired) electrons. The first kappa shape index (κ1) is 8.97. The van der Waals surface area contributed by atoms with Crippen LogP contribution in [-0.4, -0.2) is 36.3 Å². The third-order valence-corrected chi connectivity index (χ3v) is 2.62. The van der Waals surface area contributed by atoms with Gasteiger partial charge in [-0.3, -0.25) is 9.63 Å². The highest BCUT2D eigenvalue weighted by molar-refractivity contribution is 5.65. The zero-order valence-electron chi connectivity index (χ0n) is 7.86. The number of ether oxygens (including phenoxy) is 1. The highest BCUT2D eigenvalue weighted by Gasteiger charge is 2.36. The van der Waals surface area contributed by atoms with Crippen LogP contribution in [-0.2, 0) is 14.4 Å². The third kappa shape index (κ3) is 2.00. The predicted molar refractivity (Wildman–Crippen MR) is 45.9 cm³/mol. The maximum absolute atomic E-state index is 10.6. The lowest BCUT2D eigenvalue weighted by Crippen LogP contribution is -2.22. The molecule has 13 heavy (non-hydrogen) atoms. The molecule has 2 fully saturated rings. The second-order valence-electron chi connectivity index (χ2n) is 3.70. The SMILES string of the molecule is CC(=O)OC[C@H]1C[C@H]2CCCN2O1. The highest BCUT2D eigenvalue weighted by atomic mass is 16.7. The van der Waals surface area contributed by atoms with E-state index in [0.717, 1.165) is 13.0 Å². The summed E-state index contributed by atoms with van der Waals surface area (Å²) in [5.41, 5.74) is 0. The average molecular weight is 185 g/mol. The van der Waals surface area contributed by atoms with E-state index in [1.54, 1.807) is 0 Å². The van der Waals surface area contributed by atoms with Crippen LogP contribution in [0.15, 0.2) is 0 Å². The first-order chi connectivity index (χ1) is 6.25. The molecule has 0 aromatic heterocycles. The molecule has 4 heteroatoms. The number of fused-ring (bicyclic) bond motifs is 1. The molecule has 2 heterocycles. The molecule has 2 aliphatic rings. The number of carbonyl (C=O) groups excluding carboxylic acids is 1. The van der Waals surface area contributed by atoms with Gasteiger partial charge in [0.05, 0.1) is 0 Å². The van der Waals surface area contributed by atoms with Gasteiger partial charge in [-0.25, -0.2) is 0 Å². The van der Waals surface area contributed by atoms with Gasteiger partial charge in [0.25, 0.3) is 0 Å². The number of nitrogens with zero attached hydrogens (tertiary/aromatic N) is 1. The van der Waals surface area contributed by atoms with Crippen molar-refractivity contribution in [2.24, 2.45) is 0 Å². The lowest BCUT2D eigenvalue weighted by molar-refractivity contribution is -0.170. The second kappa shape index (κ2) is 3.64. The molecular weight excluding hydrogens is 170 g/mol. The average Bonchev–Trinajstić information content (AvgIpc) is 2.58. The largest absolute Gasteiger partial charge is 0.463 e. The smallest absolute Gasteiger partial charge is 0.302 e. The quantitative estimate of drug-likeness (QED) is 0.594. The molecule has 0 aliphatic carbocycles. The summed E-state index contributed by atoms with van der Waals surface area (Å²) in [4.78, 5) is 16.1. The van der Waals surface area contributed by atoms with Crippen molar-refractivity contribution in [2.75, 3.05) is 13.2 Å². The fraction of sp³-hybridized carbons (Fsp3) is 0.889. The van der Waals surface area contributed by atoms with Crippen LogP contribution < -0.4 is 0 Å². The minimum atomic E-state index is -0.226. The van der Waals surface area contributed by atoms with Crippen LogP contribution in [0.4, 0.5) is 0 Å². The molecular formula is C9H15NO3. The number of rotatable bonds is 2. The zero-order chi connectivity index (χ0) is 9.26. The van der Waals surface area contributed by atoms with Crippen LogP contribution in [0.25, 0.3) is 0 Å². The van der Waals surface area contributed by atoms with Gasteiger partial charge in [0, 0.05) is 19.5 Å². The molecule has 2 saturated heterocycles. The molecule has 0 aromatic rings. The molecule has 0 aromatic carbocycles. The van der Waals surface area contributed by atoms with Crippen LogP contribution in [0.2, 0.25) is 0 Å². The van der Waals surface area contributed by atoms with E-state index >= 15 is 0 Å². The van der Waals surface area contributed by atoms with Gasteiger partial charge in [0.2, 0.25) is 0 Å². The van der Waals surface area contributed by atoms with E-state index in [9.17, 15) is 4.79 Å². The maximum Gasteiger partial charge on any atom is 0.302 e. The Kier molecular flexibility index (Phi) is 2.51. The Morgan fingerprint density at radius 2 is 2.54 bits per heavy atom. The fourth-order valence-corrected chi connectivity index (χ4v) is 2.03. The highest BCUT2D eigenvalue weighted by Crippen LogP contribution is 2.29. The first-order valence-electron chi connectivity index (χ1n) is 4.82. The zero-order valence-corrected chi connectivity index (χ0v) is 7.86. The summed E-state index contributed by atoms with van der Waals surface area (Å²) >= 11 is 0. The summed E-state index contributed by atoms with van der Waals surface area (Å²) in [6.45, 7) is 2.86. The molecule has 2 rings (SSSR count). The Balaban J connectivity index is 1.75. The minimum absolute atomic E-state index is 0.0919. The van der Waals surface area contributed by atoms with Crippen LogP contribution in [0.1, 0.15) is 26.2 Å². The molecule has 2 atom stereocenters. The Labute approximate surface area is 77.7 Å². The topological polar surface area (TPSA) is 38.8 Å². The molecule has 4 nitrogen and oxygen atoms in total. The van der Waals surface area contributed by atoms with Gasteiger partial charge >= 0.3 is 5.97 Å². The van der Waals surface area contributed by atoms with Gasteiger partial charge in [-0.05, 0) is 19.3 Å². The summed E-state index contributed by atoms with van der Waals surface area (Å²) in [6.07, 6.45) is 3.55. The lowest BCUT2D eigenvalue weighted by Gasteiger charge is -2.13. The van der Waals surface area contributed by atoms with E-state index in [4.69, 9.17) is 9.57 Å². The van der Waals surface area contributed by atoms with Crippen molar-refractivity contribution in [1.29, 1.82) is 0 Å². The Hall–Kier alpha value is -0.610. The fourth-order valence-electron chi connectivity index (χ4n) is 2.03. The summed E-state index contributed by atoms with van der Waals surface area (Å²) in [5, 5.41) is 2.04. The lowest BCUT2D eigenvalue weighted by atomic mass is 10.1. The van der Waals surface area contributed by atoms with Crippen molar-refractivity contribution >= 4 is 5.97 Å². The molecule has 0 N–H and O–H groups in total. The van der Waals surface area contributed by atoms with Gasteiger partial charge in [-0.2, -0.15) is 5.06 Å². The van der Waals surface area contributed by atoms with Crippen molar-refractivity contribution in [2.45, 2.75) is 38.3 Å². The monoisotopic (exact) mass is 185 g/mol. The van der Waals surface area contributed by atoms with Crippen LogP contribution in [0.5, 0.6) is 0 Å². The van der Waals surface area contributed by atoms with E-state index in [1.165, 1.54) is 19.8 Å². The number of hydrogen-bond acceptors (Lipinski definition) is 4. The summed E-state index contributed by atoms with van der Waals surface area (Å²) < 4.78 is 4.90. The summed E-state index contributed by atoms with van der Waals surface area (Å²) in [6, 6.07) is 0.570. The number of carbonyl (C=O) groups is 1. The summed E-state index contributed by atoms with van der Waals surface area (Å²) in [5.74, 6) is -0.226. The van der Waals surface area contributed by atoms with E-state index in [1.807, 2.05) is 5.06 Å². The normalized spacial score (nSPS) is 33.3. The van der Waals surface area contributed by atoms with E-state index in [0.29, 0.717) is 12.6 Å². The summed E-state index contributed by atoms with van der Waals surface area (Å²) in [7, 11) is 0. The van der Waals surface area contributed by atoms with Crippen molar-refractivity contribution in [1.82, 2.24) is 5.06 Å². The predicted octanol–water partition coefficient (Wildman–Crippen LogP) is 0.718. The van der Waals surface area contributed by atoms with Gasteiger partial charge in [0.1, 0.15) is 12.7 Å². The molecule has 2 aliphatic heterocycles.